The zero-order valence-corrected chi connectivity index (χ0v) is 21.3. The van der Waals surface area contributed by atoms with Crippen molar-refractivity contribution in [3.05, 3.63) is 103 Å². The van der Waals surface area contributed by atoms with Gasteiger partial charge in [-0.3, -0.25) is 9.36 Å². The smallest absolute Gasteiger partial charge is 0.338 e. The van der Waals surface area contributed by atoms with Gasteiger partial charge in [0.25, 0.3) is 5.56 Å². The van der Waals surface area contributed by atoms with Gasteiger partial charge in [-0.1, -0.05) is 60.4 Å². The number of carbonyl (C=O) groups is 1. The number of nitrogens with zero attached hydrogens (tertiary/aromatic N) is 2. The Balaban J connectivity index is 1.96. The Kier molecular flexibility index (Phi) is 7.85. The Hall–Kier alpha value is -3.91. The van der Waals surface area contributed by atoms with E-state index in [0.717, 1.165) is 5.56 Å². The van der Waals surface area contributed by atoms with Crippen LogP contribution in [-0.2, 0) is 9.53 Å². The predicted octanol–water partition coefficient (Wildman–Crippen LogP) is 3.76. The van der Waals surface area contributed by atoms with E-state index in [1.54, 1.807) is 30.6 Å². The molecule has 0 fully saturated rings. The number of rotatable bonds is 9. The van der Waals surface area contributed by atoms with Crippen LogP contribution < -0.4 is 24.4 Å². The van der Waals surface area contributed by atoms with E-state index >= 15 is 0 Å². The van der Waals surface area contributed by atoms with E-state index in [2.05, 4.69) is 11.6 Å². The second kappa shape index (κ2) is 11.2. The highest BCUT2D eigenvalue weighted by Crippen LogP contribution is 2.35. The van der Waals surface area contributed by atoms with E-state index < -0.39 is 12.0 Å². The number of fused-ring (bicyclic) bond motifs is 1. The van der Waals surface area contributed by atoms with Gasteiger partial charge in [-0.25, -0.2) is 9.79 Å². The molecule has 4 rings (SSSR count). The maximum Gasteiger partial charge on any atom is 0.338 e. The summed E-state index contributed by atoms with van der Waals surface area (Å²) in [5.74, 6) is 0.733. The topological polar surface area (TPSA) is 79.1 Å². The van der Waals surface area contributed by atoms with E-state index in [-0.39, 0.29) is 12.2 Å². The molecule has 0 bridgehead atoms. The van der Waals surface area contributed by atoms with Crippen LogP contribution in [0.3, 0.4) is 0 Å². The third kappa shape index (κ3) is 4.90. The Morgan fingerprint density at radius 3 is 2.53 bits per heavy atom. The van der Waals surface area contributed by atoms with Crippen LogP contribution in [0.15, 0.2) is 82.2 Å². The lowest BCUT2D eigenvalue weighted by atomic mass is 9.95. The van der Waals surface area contributed by atoms with Crippen molar-refractivity contribution in [1.82, 2.24) is 4.57 Å². The molecule has 0 amide bonds. The van der Waals surface area contributed by atoms with Crippen molar-refractivity contribution < 1.29 is 19.0 Å². The van der Waals surface area contributed by atoms with Gasteiger partial charge in [0.1, 0.15) is 24.1 Å². The molecule has 0 N–H and O–H groups in total. The minimum atomic E-state index is -0.738. The lowest BCUT2D eigenvalue weighted by Gasteiger charge is -2.26. The molecule has 0 saturated heterocycles. The van der Waals surface area contributed by atoms with Crippen LogP contribution >= 0.6 is 11.3 Å². The van der Waals surface area contributed by atoms with Crippen molar-refractivity contribution in [2.45, 2.75) is 26.8 Å². The van der Waals surface area contributed by atoms with Gasteiger partial charge in [0.15, 0.2) is 4.80 Å². The van der Waals surface area contributed by atoms with Gasteiger partial charge >= 0.3 is 5.97 Å². The Morgan fingerprint density at radius 1 is 1.08 bits per heavy atom. The van der Waals surface area contributed by atoms with Gasteiger partial charge in [0.2, 0.25) is 0 Å². The van der Waals surface area contributed by atoms with Crippen molar-refractivity contribution in [3.8, 4) is 11.5 Å². The van der Waals surface area contributed by atoms with Crippen LogP contribution in [0.25, 0.3) is 6.08 Å². The van der Waals surface area contributed by atoms with Gasteiger partial charge in [0, 0.05) is 11.1 Å². The maximum atomic E-state index is 13.8. The predicted molar refractivity (Wildman–Crippen MR) is 140 cm³/mol. The van der Waals surface area contributed by atoms with E-state index in [9.17, 15) is 9.59 Å². The molecule has 0 aliphatic carbocycles. The molecule has 2 aromatic carbocycles. The molecule has 0 saturated carbocycles. The number of ether oxygens (including phenoxy) is 3. The number of aromatic nitrogens is 1. The van der Waals surface area contributed by atoms with Crippen LogP contribution in [0.5, 0.6) is 11.5 Å². The molecule has 0 unspecified atom stereocenters. The molecule has 1 aliphatic rings. The van der Waals surface area contributed by atoms with Crippen molar-refractivity contribution in [2.24, 2.45) is 4.99 Å². The standard InChI is InChI=1S/C28H28N2O5S/c1-5-16-35-21-14-10-8-12-19(21)17-23-26(31)30-25(20-13-9-11-15-22(20)33-6-2)24(27(32)34-7-3)18(4)29-28(30)36-23/h5,8-15,17,25H,1,6-7,16H2,2-4H3/b23-17+/t25-/m0/s1. The molecule has 186 valence electrons. The van der Waals surface area contributed by atoms with Gasteiger partial charge in [-0.2, -0.15) is 0 Å². The minimum Gasteiger partial charge on any atom is -0.494 e. The average molecular weight is 505 g/mol. The summed E-state index contributed by atoms with van der Waals surface area (Å²) in [6, 6.07) is 14.2. The molecule has 36 heavy (non-hydrogen) atoms. The van der Waals surface area contributed by atoms with Crippen LogP contribution in [0.2, 0.25) is 0 Å². The van der Waals surface area contributed by atoms with E-state index in [1.165, 1.54) is 11.3 Å². The molecule has 2 heterocycles. The quantitative estimate of drug-likeness (QED) is 0.328. The number of esters is 1. The highest BCUT2D eigenvalue weighted by Gasteiger charge is 2.35. The van der Waals surface area contributed by atoms with Gasteiger partial charge in [-0.05, 0) is 39.0 Å². The third-order valence-corrected chi connectivity index (χ3v) is 6.58. The zero-order valence-electron chi connectivity index (χ0n) is 20.5. The number of allylic oxidation sites excluding steroid dienone is 1. The summed E-state index contributed by atoms with van der Waals surface area (Å²) in [7, 11) is 0. The SMILES string of the molecule is C=CCOc1ccccc1/C=c1/sc2n(c1=O)[C@@H](c1ccccc1OCC)C(C(=O)OCC)=C(C)N=2. The van der Waals surface area contributed by atoms with Crippen molar-refractivity contribution >= 4 is 23.4 Å². The number of benzene rings is 2. The third-order valence-electron chi connectivity index (χ3n) is 5.59. The number of hydrogen-bond acceptors (Lipinski definition) is 7. The van der Waals surface area contributed by atoms with Crippen molar-refractivity contribution in [2.75, 3.05) is 19.8 Å². The molecular weight excluding hydrogens is 476 g/mol. The van der Waals surface area contributed by atoms with E-state index in [4.69, 9.17) is 14.2 Å². The molecular formula is C28H28N2O5S. The minimum absolute atomic E-state index is 0.210. The lowest BCUT2D eigenvalue weighted by Crippen LogP contribution is -2.40. The fraction of sp³-hybridized carbons (Fsp3) is 0.250. The van der Waals surface area contributed by atoms with Gasteiger partial charge < -0.3 is 14.2 Å². The molecule has 1 aromatic heterocycles. The van der Waals surface area contributed by atoms with E-state index in [1.807, 2.05) is 55.5 Å². The maximum absolute atomic E-state index is 13.8. The summed E-state index contributed by atoms with van der Waals surface area (Å²) < 4.78 is 19.0. The monoisotopic (exact) mass is 504 g/mol. The summed E-state index contributed by atoms with van der Waals surface area (Å²) in [5.41, 5.74) is 2.02. The summed E-state index contributed by atoms with van der Waals surface area (Å²) >= 11 is 1.26. The summed E-state index contributed by atoms with van der Waals surface area (Å²) in [5, 5.41) is 0. The number of hydrogen-bond donors (Lipinski definition) is 0. The van der Waals surface area contributed by atoms with Gasteiger partial charge in [0.05, 0.1) is 29.0 Å². The van der Waals surface area contributed by atoms with Crippen LogP contribution in [-0.4, -0.2) is 30.4 Å². The Bertz CT molecular complexity index is 1500. The zero-order chi connectivity index (χ0) is 25.7. The van der Waals surface area contributed by atoms with Crippen molar-refractivity contribution in [3.63, 3.8) is 0 Å². The fourth-order valence-electron chi connectivity index (χ4n) is 4.10. The average Bonchev–Trinajstić information content (AvgIpc) is 3.17. The number of para-hydroxylation sites is 2. The first kappa shape index (κ1) is 25.2. The normalized spacial score (nSPS) is 15.2. The molecule has 0 spiro atoms. The molecule has 3 aromatic rings. The molecule has 7 nitrogen and oxygen atoms in total. The van der Waals surface area contributed by atoms with Crippen molar-refractivity contribution in [1.29, 1.82) is 0 Å². The Morgan fingerprint density at radius 2 is 1.81 bits per heavy atom. The van der Waals surface area contributed by atoms with Crippen LogP contribution in [0, 0.1) is 0 Å². The summed E-state index contributed by atoms with van der Waals surface area (Å²) in [6.45, 7) is 10.1. The number of carbonyl (C=O) groups excluding carboxylic acids is 1. The molecule has 1 atom stereocenters. The summed E-state index contributed by atoms with van der Waals surface area (Å²) in [6.07, 6.45) is 3.46. The highest BCUT2D eigenvalue weighted by molar-refractivity contribution is 7.07. The van der Waals surface area contributed by atoms with Crippen LogP contribution in [0.1, 0.15) is 37.9 Å². The van der Waals surface area contributed by atoms with Gasteiger partial charge in [-0.15, -0.1) is 0 Å². The van der Waals surface area contributed by atoms with E-state index in [0.29, 0.717) is 50.9 Å². The molecule has 1 aliphatic heterocycles. The first-order valence-electron chi connectivity index (χ1n) is 11.7. The first-order valence-corrected chi connectivity index (χ1v) is 12.6. The lowest BCUT2D eigenvalue weighted by molar-refractivity contribution is -0.139. The highest BCUT2D eigenvalue weighted by atomic mass is 32.1. The first-order chi connectivity index (χ1) is 17.5. The largest absolute Gasteiger partial charge is 0.494 e. The fourth-order valence-corrected chi connectivity index (χ4v) is 5.14. The number of thiazole rings is 1. The second-order valence-electron chi connectivity index (χ2n) is 7.91. The Labute approximate surface area is 213 Å². The molecule has 8 heteroatoms. The van der Waals surface area contributed by atoms with Crippen LogP contribution in [0.4, 0.5) is 0 Å². The summed E-state index contributed by atoms with van der Waals surface area (Å²) in [4.78, 5) is 32.1. The molecule has 0 radical (unpaired) electrons. The second-order valence-corrected chi connectivity index (χ2v) is 8.92.